The van der Waals surface area contributed by atoms with Crippen LogP contribution < -0.4 is 10.6 Å². The zero-order valence-electron chi connectivity index (χ0n) is 22.8. The Morgan fingerprint density at radius 2 is 1.92 bits per heavy atom. The lowest BCUT2D eigenvalue weighted by Crippen LogP contribution is -2.45. The summed E-state index contributed by atoms with van der Waals surface area (Å²) in [7, 11) is -1.88. The molecule has 2 fully saturated rings. The van der Waals surface area contributed by atoms with Crippen LogP contribution >= 0.6 is 11.3 Å². The van der Waals surface area contributed by atoms with Crippen molar-refractivity contribution < 1.29 is 23.4 Å². The fraction of sp³-hybridized carbons (Fsp3) is 0.615. The van der Waals surface area contributed by atoms with Gasteiger partial charge in [-0.2, -0.15) is 4.98 Å². The van der Waals surface area contributed by atoms with E-state index in [1.54, 1.807) is 21.0 Å². The maximum atomic E-state index is 12.5. The van der Waals surface area contributed by atoms with Gasteiger partial charge in [0.25, 0.3) is 0 Å². The summed E-state index contributed by atoms with van der Waals surface area (Å²) in [5.74, 6) is 0.617. The molecule has 2 aliphatic rings. The van der Waals surface area contributed by atoms with Gasteiger partial charge in [0.15, 0.2) is 9.84 Å². The van der Waals surface area contributed by atoms with Crippen LogP contribution in [-0.4, -0.2) is 88.1 Å². The van der Waals surface area contributed by atoms with E-state index in [1.165, 1.54) is 11.3 Å². The normalized spacial score (nSPS) is 23.9. The molecule has 0 unspecified atom stereocenters. The first kappa shape index (κ1) is 28.1. The molecule has 4 N–H and O–H groups in total. The Kier molecular flexibility index (Phi) is 7.57. The second-order valence-electron chi connectivity index (χ2n) is 11.1. The maximum Gasteiger partial charge on any atom is 0.224 e. The van der Waals surface area contributed by atoms with Crippen molar-refractivity contribution >= 4 is 43.2 Å². The zero-order valence-corrected chi connectivity index (χ0v) is 24.4. The molecular formula is C26H36N6O5S2. The van der Waals surface area contributed by atoms with E-state index in [9.17, 15) is 18.6 Å². The summed E-state index contributed by atoms with van der Waals surface area (Å²) in [5, 5.41) is 29.1. The van der Waals surface area contributed by atoms with E-state index < -0.39 is 38.8 Å². The Bertz CT molecular complexity index is 1470. The van der Waals surface area contributed by atoms with E-state index >= 15 is 0 Å². The Morgan fingerprint density at radius 1 is 1.18 bits per heavy atom. The average Bonchev–Trinajstić information content (AvgIpc) is 3.56. The van der Waals surface area contributed by atoms with Crippen LogP contribution in [-0.2, 0) is 14.6 Å². The molecule has 0 saturated heterocycles. The van der Waals surface area contributed by atoms with Crippen LogP contribution in [0.4, 0.5) is 11.8 Å². The third-order valence-electron chi connectivity index (χ3n) is 8.05. The summed E-state index contributed by atoms with van der Waals surface area (Å²) in [6.07, 6.45) is 3.05. The first-order chi connectivity index (χ1) is 18.4. The smallest absolute Gasteiger partial charge is 0.224 e. The molecule has 2 aliphatic carbocycles. The minimum atomic E-state index is -3.50. The highest BCUT2D eigenvalue weighted by Gasteiger charge is 2.52. The van der Waals surface area contributed by atoms with Gasteiger partial charge in [-0.15, -0.1) is 11.3 Å². The minimum absolute atomic E-state index is 0.243. The third kappa shape index (κ3) is 5.34. The number of aliphatic hydroxyl groups excluding tert-OH is 2. The standard InChI is InChI=1S/C26H36N6O5S2/c1-13-18(24-31-20-17(38-24)8-9-27-19(20)14-6-7-14)23(32-25(29-13)28-10-11-37-4)30-16-12-15(21(33)22(16)34)26(2,3)39(5,35)36/h8-9,14-16,21-22,33-34H,6-7,10-12H2,1-5H3,(H2,28,29,30,32)/t15-,16+,21+,22-/m0/s1. The third-order valence-corrected chi connectivity index (χ3v) is 11.3. The quantitative estimate of drug-likeness (QED) is 0.263. The number of nitrogens with one attached hydrogen (secondary N) is 2. The molecule has 0 spiro atoms. The molecule has 4 atom stereocenters. The lowest BCUT2D eigenvalue weighted by atomic mass is 9.91. The first-order valence-electron chi connectivity index (χ1n) is 13.1. The van der Waals surface area contributed by atoms with Crippen molar-refractivity contribution in [2.24, 2.45) is 5.92 Å². The molecule has 0 bridgehead atoms. The zero-order chi connectivity index (χ0) is 28.1. The summed E-state index contributed by atoms with van der Waals surface area (Å²) in [6, 6.07) is 1.32. The van der Waals surface area contributed by atoms with Crippen LogP contribution in [0.3, 0.4) is 0 Å². The molecule has 39 heavy (non-hydrogen) atoms. The van der Waals surface area contributed by atoms with Crippen molar-refractivity contribution in [2.75, 3.05) is 37.2 Å². The minimum Gasteiger partial charge on any atom is -0.390 e. The highest BCUT2D eigenvalue weighted by Crippen LogP contribution is 2.45. The number of aryl methyl sites for hydroxylation is 1. The number of hydrogen-bond acceptors (Lipinski definition) is 12. The van der Waals surface area contributed by atoms with Crippen LogP contribution in [0.25, 0.3) is 20.8 Å². The fourth-order valence-electron chi connectivity index (χ4n) is 5.23. The Hall–Kier alpha value is -2.45. The van der Waals surface area contributed by atoms with Crippen LogP contribution in [0.15, 0.2) is 12.3 Å². The number of aromatic nitrogens is 4. The topological polar surface area (TPSA) is 159 Å². The van der Waals surface area contributed by atoms with E-state index in [0.717, 1.165) is 40.0 Å². The number of aliphatic hydroxyl groups is 2. The van der Waals surface area contributed by atoms with Crippen molar-refractivity contribution in [3.63, 3.8) is 0 Å². The number of pyridine rings is 1. The predicted octanol–water partition coefficient (Wildman–Crippen LogP) is 2.74. The van der Waals surface area contributed by atoms with Crippen LogP contribution in [0.1, 0.15) is 50.4 Å². The van der Waals surface area contributed by atoms with Gasteiger partial charge in [-0.1, -0.05) is 0 Å². The van der Waals surface area contributed by atoms with Gasteiger partial charge in [0.2, 0.25) is 5.95 Å². The van der Waals surface area contributed by atoms with Crippen molar-refractivity contribution in [1.29, 1.82) is 0 Å². The molecule has 3 heterocycles. The predicted molar refractivity (Wildman–Crippen MR) is 152 cm³/mol. The lowest BCUT2D eigenvalue weighted by Gasteiger charge is -2.32. The number of hydrogen-bond donors (Lipinski definition) is 4. The van der Waals surface area contributed by atoms with Gasteiger partial charge in [0.1, 0.15) is 22.4 Å². The average molecular weight is 577 g/mol. The molecular weight excluding hydrogens is 540 g/mol. The van der Waals surface area contributed by atoms with Crippen molar-refractivity contribution in [3.05, 3.63) is 23.7 Å². The summed E-state index contributed by atoms with van der Waals surface area (Å²) >= 11 is 1.53. The number of anilines is 2. The number of methoxy groups -OCH3 is 1. The van der Waals surface area contributed by atoms with Crippen molar-refractivity contribution in [1.82, 2.24) is 19.9 Å². The second kappa shape index (κ2) is 10.5. The molecule has 11 nitrogen and oxygen atoms in total. The van der Waals surface area contributed by atoms with Crippen LogP contribution in [0, 0.1) is 12.8 Å². The van der Waals surface area contributed by atoms with Gasteiger partial charge in [-0.05, 0) is 46.1 Å². The summed E-state index contributed by atoms with van der Waals surface area (Å²) in [6.45, 7) is 6.04. The number of sulfone groups is 1. The number of ether oxygens (including phenoxy) is 1. The Balaban J connectivity index is 1.54. The molecule has 2 saturated carbocycles. The SMILES string of the molecule is COCCNc1nc(C)c(-c2nc3c(C4CC4)nccc3s2)c(N[C@@H]2C[C@H](C(C)(C)S(C)(=O)=O)[C@@H](O)[C@H]2O)n1. The molecule has 3 aromatic heterocycles. The molecule has 0 aromatic carbocycles. The van der Waals surface area contributed by atoms with E-state index in [-0.39, 0.29) is 6.42 Å². The molecule has 212 valence electrons. The van der Waals surface area contributed by atoms with Gasteiger partial charge in [-0.3, -0.25) is 4.98 Å². The lowest BCUT2D eigenvalue weighted by molar-refractivity contribution is 0.0106. The summed E-state index contributed by atoms with van der Waals surface area (Å²) in [4.78, 5) is 19.0. The number of thiazole rings is 1. The molecule has 0 amide bonds. The number of rotatable bonds is 10. The van der Waals surface area contributed by atoms with Crippen molar-refractivity contribution in [3.8, 4) is 10.6 Å². The van der Waals surface area contributed by atoms with E-state index in [4.69, 9.17) is 14.7 Å². The van der Waals surface area contributed by atoms with E-state index in [2.05, 4.69) is 20.6 Å². The van der Waals surface area contributed by atoms with E-state index in [1.807, 2.05) is 19.2 Å². The van der Waals surface area contributed by atoms with Gasteiger partial charge in [-0.25, -0.2) is 18.4 Å². The highest BCUT2D eigenvalue weighted by atomic mass is 32.2. The van der Waals surface area contributed by atoms with Crippen LogP contribution in [0.5, 0.6) is 0 Å². The first-order valence-corrected chi connectivity index (χ1v) is 15.8. The van der Waals surface area contributed by atoms with Gasteiger partial charge < -0.3 is 25.6 Å². The molecule has 3 aromatic rings. The van der Waals surface area contributed by atoms with Gasteiger partial charge in [0, 0.05) is 37.9 Å². The summed E-state index contributed by atoms with van der Waals surface area (Å²) in [5.41, 5.74) is 3.29. The fourth-order valence-corrected chi connectivity index (χ4v) is 7.09. The monoisotopic (exact) mass is 576 g/mol. The molecule has 13 heteroatoms. The molecule has 0 aliphatic heterocycles. The van der Waals surface area contributed by atoms with Gasteiger partial charge in [0.05, 0.1) is 45.2 Å². The number of nitrogens with zero attached hydrogens (tertiary/aromatic N) is 4. The Morgan fingerprint density at radius 3 is 2.59 bits per heavy atom. The van der Waals surface area contributed by atoms with E-state index in [0.29, 0.717) is 42.1 Å². The van der Waals surface area contributed by atoms with Gasteiger partial charge >= 0.3 is 0 Å². The Labute approximate surface area is 232 Å². The second-order valence-corrected chi connectivity index (χ2v) is 14.7. The number of fused-ring (bicyclic) bond motifs is 1. The van der Waals surface area contributed by atoms with Crippen molar-refractivity contribution in [2.45, 2.75) is 68.9 Å². The maximum absolute atomic E-state index is 12.5. The molecule has 5 rings (SSSR count). The largest absolute Gasteiger partial charge is 0.390 e. The summed E-state index contributed by atoms with van der Waals surface area (Å²) < 4.78 is 30.0. The highest BCUT2D eigenvalue weighted by molar-refractivity contribution is 7.92. The molecule has 0 radical (unpaired) electrons. The van der Waals surface area contributed by atoms with Crippen LogP contribution in [0.2, 0.25) is 0 Å².